The van der Waals surface area contributed by atoms with E-state index in [0.717, 1.165) is 11.8 Å². The number of aromatic nitrogens is 2. The number of nitrogens with zero attached hydrogens (tertiary/aromatic N) is 3. The van der Waals surface area contributed by atoms with Crippen molar-refractivity contribution in [1.82, 2.24) is 9.78 Å². The Morgan fingerprint density at radius 2 is 1.90 bits per heavy atom. The van der Waals surface area contributed by atoms with E-state index in [9.17, 15) is 14.9 Å². The van der Waals surface area contributed by atoms with Gasteiger partial charge in [0, 0.05) is 11.6 Å². The quantitative estimate of drug-likeness (QED) is 0.344. The number of benzene rings is 2. The number of rotatable bonds is 5. The number of hydrogen-bond donors (Lipinski definition) is 0. The van der Waals surface area contributed by atoms with Gasteiger partial charge >= 0.3 is 5.97 Å². The van der Waals surface area contributed by atoms with Crippen LogP contribution in [0.15, 0.2) is 42.5 Å². The molecule has 0 radical (unpaired) electrons. The molecule has 3 aromatic rings. The van der Waals surface area contributed by atoms with Gasteiger partial charge in [0.1, 0.15) is 30.5 Å². The van der Waals surface area contributed by atoms with Crippen molar-refractivity contribution in [2.45, 2.75) is 13.5 Å². The van der Waals surface area contributed by atoms with Gasteiger partial charge in [-0.15, -0.1) is 0 Å². The summed E-state index contributed by atoms with van der Waals surface area (Å²) in [7, 11) is 0. The number of aryl methyl sites for hydroxylation is 1. The van der Waals surface area contributed by atoms with Gasteiger partial charge in [0.2, 0.25) is 0 Å². The van der Waals surface area contributed by atoms with Crippen LogP contribution in [0, 0.1) is 17.0 Å². The highest BCUT2D eigenvalue weighted by atomic mass is 35.5. The lowest BCUT2D eigenvalue weighted by Gasteiger charge is -2.18. The summed E-state index contributed by atoms with van der Waals surface area (Å²) in [6.45, 7) is 2.10. The Bertz CT molecular complexity index is 1130. The molecule has 0 aliphatic carbocycles. The van der Waals surface area contributed by atoms with Gasteiger partial charge < -0.3 is 14.2 Å². The molecule has 0 atom stereocenters. The zero-order valence-corrected chi connectivity index (χ0v) is 16.6. The van der Waals surface area contributed by atoms with Crippen molar-refractivity contribution in [3.63, 3.8) is 0 Å². The fourth-order valence-corrected chi connectivity index (χ4v) is 3.37. The number of carbonyl (C=O) groups excluding carboxylic acids is 1. The Morgan fingerprint density at radius 1 is 1.23 bits per heavy atom. The Morgan fingerprint density at radius 3 is 2.57 bits per heavy atom. The number of hydrogen-bond acceptors (Lipinski definition) is 7. The Hall–Kier alpha value is -3.59. The molecule has 0 saturated heterocycles. The van der Waals surface area contributed by atoms with E-state index >= 15 is 0 Å². The fraction of sp³-hybridized carbons (Fsp3) is 0.200. The van der Waals surface area contributed by atoms with Gasteiger partial charge in [0.25, 0.3) is 5.69 Å². The number of nitro benzene ring substituents is 1. The Balaban J connectivity index is 1.59. The van der Waals surface area contributed by atoms with E-state index in [0.29, 0.717) is 16.4 Å². The van der Waals surface area contributed by atoms with Crippen LogP contribution in [0.3, 0.4) is 0 Å². The van der Waals surface area contributed by atoms with Crippen LogP contribution in [0.2, 0.25) is 5.15 Å². The van der Waals surface area contributed by atoms with Crippen LogP contribution in [0.1, 0.15) is 21.6 Å². The monoisotopic (exact) mass is 429 g/mol. The Kier molecular flexibility index (Phi) is 5.28. The molecule has 4 rings (SSSR count). The molecule has 1 aliphatic heterocycles. The molecule has 0 saturated carbocycles. The van der Waals surface area contributed by atoms with E-state index in [1.807, 2.05) is 30.3 Å². The van der Waals surface area contributed by atoms with E-state index < -0.39 is 16.6 Å². The summed E-state index contributed by atoms with van der Waals surface area (Å²) < 4.78 is 17.6. The van der Waals surface area contributed by atoms with Crippen molar-refractivity contribution in [1.29, 1.82) is 0 Å². The molecular weight excluding hydrogens is 414 g/mol. The third-order valence-corrected chi connectivity index (χ3v) is 4.94. The number of halogens is 1. The SMILES string of the molecule is Cc1nn(-c2ccccc2)c(Cl)c1COC(=O)c1cc2c(cc1[N+](=O)[O-])OCCO2. The highest BCUT2D eigenvalue weighted by Gasteiger charge is 2.28. The third-order valence-electron chi connectivity index (χ3n) is 4.55. The highest BCUT2D eigenvalue weighted by Crippen LogP contribution is 2.37. The van der Waals surface area contributed by atoms with Gasteiger partial charge in [-0.2, -0.15) is 5.10 Å². The standard InChI is InChI=1S/C20H16ClN3O6/c1-12-15(19(21)23(22-12)13-5-3-2-4-6-13)11-30-20(25)14-9-17-18(29-8-7-28-17)10-16(14)24(26)27/h2-6,9-10H,7-8,11H2,1H3. The molecule has 0 amide bonds. The minimum Gasteiger partial charge on any atom is -0.486 e. The van der Waals surface area contributed by atoms with Crippen LogP contribution in [0.25, 0.3) is 5.69 Å². The van der Waals surface area contributed by atoms with Crippen LogP contribution in [0.5, 0.6) is 11.5 Å². The summed E-state index contributed by atoms with van der Waals surface area (Å²) in [6.07, 6.45) is 0. The van der Waals surface area contributed by atoms with Crippen molar-refractivity contribution in [3.8, 4) is 17.2 Å². The number of esters is 1. The fourth-order valence-electron chi connectivity index (χ4n) is 3.04. The average Bonchev–Trinajstić information content (AvgIpc) is 3.05. The van der Waals surface area contributed by atoms with Gasteiger partial charge in [-0.1, -0.05) is 29.8 Å². The van der Waals surface area contributed by atoms with E-state index in [-0.39, 0.29) is 36.9 Å². The molecule has 0 N–H and O–H groups in total. The second-order valence-corrected chi connectivity index (χ2v) is 6.81. The average molecular weight is 430 g/mol. The summed E-state index contributed by atoms with van der Waals surface area (Å²) in [5.41, 5.74) is 1.19. The number of carbonyl (C=O) groups is 1. The normalized spacial score (nSPS) is 12.5. The third kappa shape index (κ3) is 3.67. The lowest BCUT2D eigenvalue weighted by atomic mass is 10.1. The maximum Gasteiger partial charge on any atom is 0.345 e. The smallest absolute Gasteiger partial charge is 0.345 e. The first kappa shape index (κ1) is 19.7. The summed E-state index contributed by atoms with van der Waals surface area (Å²) in [5, 5.41) is 16.1. The summed E-state index contributed by atoms with van der Waals surface area (Å²) in [6, 6.07) is 11.7. The molecule has 0 bridgehead atoms. The minimum absolute atomic E-state index is 0.193. The molecule has 30 heavy (non-hydrogen) atoms. The van der Waals surface area contributed by atoms with Gasteiger partial charge in [-0.05, 0) is 19.1 Å². The van der Waals surface area contributed by atoms with Crippen LogP contribution < -0.4 is 9.47 Å². The first-order valence-corrected chi connectivity index (χ1v) is 9.38. The Labute approximate surface area is 175 Å². The lowest BCUT2D eigenvalue weighted by molar-refractivity contribution is -0.385. The zero-order valence-electron chi connectivity index (χ0n) is 15.8. The van der Waals surface area contributed by atoms with Gasteiger partial charge in [-0.3, -0.25) is 10.1 Å². The molecule has 2 aromatic carbocycles. The van der Waals surface area contributed by atoms with Crippen molar-refractivity contribution in [2.75, 3.05) is 13.2 Å². The summed E-state index contributed by atoms with van der Waals surface area (Å²) in [5.74, 6) is -0.404. The number of fused-ring (bicyclic) bond motifs is 1. The largest absolute Gasteiger partial charge is 0.486 e. The van der Waals surface area contributed by atoms with Crippen LogP contribution >= 0.6 is 11.6 Å². The first-order valence-electron chi connectivity index (χ1n) is 9.00. The predicted octanol–water partition coefficient (Wildman–Crippen LogP) is 3.87. The molecule has 0 spiro atoms. The number of ether oxygens (including phenoxy) is 3. The molecule has 10 heteroatoms. The zero-order chi connectivity index (χ0) is 21.3. The maximum atomic E-state index is 12.6. The number of para-hydroxylation sites is 1. The molecule has 0 unspecified atom stereocenters. The van der Waals surface area contributed by atoms with E-state index in [1.54, 1.807) is 6.92 Å². The molecule has 9 nitrogen and oxygen atoms in total. The predicted molar refractivity (Wildman–Crippen MR) is 107 cm³/mol. The van der Waals surface area contributed by atoms with E-state index in [4.69, 9.17) is 25.8 Å². The minimum atomic E-state index is -0.874. The van der Waals surface area contributed by atoms with Gasteiger partial charge in [-0.25, -0.2) is 9.48 Å². The second kappa shape index (κ2) is 8.03. The van der Waals surface area contributed by atoms with E-state index in [2.05, 4.69) is 5.10 Å². The van der Waals surface area contributed by atoms with Crippen LogP contribution in [0.4, 0.5) is 5.69 Å². The highest BCUT2D eigenvalue weighted by molar-refractivity contribution is 6.30. The molecule has 1 aliphatic rings. The van der Waals surface area contributed by atoms with Crippen molar-refractivity contribution < 1.29 is 23.9 Å². The first-order chi connectivity index (χ1) is 14.5. The molecule has 2 heterocycles. The van der Waals surface area contributed by atoms with Gasteiger partial charge in [0.15, 0.2) is 11.5 Å². The van der Waals surface area contributed by atoms with Crippen LogP contribution in [-0.2, 0) is 11.3 Å². The van der Waals surface area contributed by atoms with Crippen molar-refractivity contribution in [2.24, 2.45) is 0 Å². The van der Waals surface area contributed by atoms with Gasteiger partial charge in [0.05, 0.1) is 22.4 Å². The molecular formula is C20H16ClN3O6. The lowest BCUT2D eigenvalue weighted by Crippen LogP contribution is -2.17. The molecule has 154 valence electrons. The number of nitro groups is 1. The molecule has 1 aromatic heterocycles. The van der Waals surface area contributed by atoms with Crippen molar-refractivity contribution >= 4 is 23.3 Å². The second-order valence-electron chi connectivity index (χ2n) is 6.45. The van der Waals surface area contributed by atoms with Crippen molar-refractivity contribution in [3.05, 3.63) is 74.6 Å². The summed E-state index contributed by atoms with van der Waals surface area (Å²) in [4.78, 5) is 23.4. The van der Waals surface area contributed by atoms with Crippen LogP contribution in [-0.4, -0.2) is 33.9 Å². The maximum absolute atomic E-state index is 12.6. The molecule has 0 fully saturated rings. The topological polar surface area (TPSA) is 106 Å². The van der Waals surface area contributed by atoms with E-state index in [1.165, 1.54) is 10.7 Å². The summed E-state index contributed by atoms with van der Waals surface area (Å²) >= 11 is 6.43.